The molecule has 2 heterocycles. The third-order valence-electron chi connectivity index (χ3n) is 3.57. The summed E-state index contributed by atoms with van der Waals surface area (Å²) >= 11 is -1.05. The van der Waals surface area contributed by atoms with Crippen molar-refractivity contribution in [2.75, 3.05) is 5.75 Å². The van der Waals surface area contributed by atoms with Gasteiger partial charge in [0.1, 0.15) is 11.6 Å². The van der Waals surface area contributed by atoms with Gasteiger partial charge in [-0.15, -0.1) is 0 Å². The molecule has 0 aliphatic carbocycles. The van der Waals surface area contributed by atoms with Crippen LogP contribution in [0.2, 0.25) is 0 Å². The van der Waals surface area contributed by atoms with Crippen molar-refractivity contribution in [2.45, 2.75) is 18.7 Å². The van der Waals surface area contributed by atoms with E-state index in [1.165, 1.54) is 5.56 Å². The Bertz CT molecular complexity index is 797. The van der Waals surface area contributed by atoms with Crippen LogP contribution in [0.1, 0.15) is 12.5 Å². The second-order valence-corrected chi connectivity index (χ2v) is 6.70. The number of benzene rings is 1. The van der Waals surface area contributed by atoms with E-state index in [2.05, 4.69) is 30.1 Å². The predicted octanol–water partition coefficient (Wildman–Crippen LogP) is 3.07. The summed E-state index contributed by atoms with van der Waals surface area (Å²) in [5, 5.41) is 0. The molecule has 21 heavy (non-hydrogen) atoms. The first-order valence-corrected chi connectivity index (χ1v) is 8.19. The zero-order valence-electron chi connectivity index (χ0n) is 12.3. The molecular weight excluding hydrogens is 282 g/mol. The molecule has 0 N–H and O–H groups in total. The minimum absolute atomic E-state index is 0.571. The lowest BCUT2D eigenvalue weighted by Crippen LogP contribution is -2.07. The van der Waals surface area contributed by atoms with Crippen LogP contribution in [0.15, 0.2) is 41.6 Å². The molecule has 0 spiro atoms. The fourth-order valence-electron chi connectivity index (χ4n) is 2.45. The minimum Gasteiger partial charge on any atom is -0.611 e. The average Bonchev–Trinajstić information content (AvgIpc) is 2.82. The Morgan fingerprint density at radius 3 is 2.86 bits per heavy atom. The maximum Gasteiger partial charge on any atom is 0.181 e. The van der Waals surface area contributed by atoms with Crippen LogP contribution in [0.4, 0.5) is 0 Å². The zero-order valence-corrected chi connectivity index (χ0v) is 13.1. The maximum absolute atomic E-state index is 12.2. The van der Waals surface area contributed by atoms with Crippen LogP contribution in [0.25, 0.3) is 22.4 Å². The van der Waals surface area contributed by atoms with Crippen molar-refractivity contribution >= 4 is 22.2 Å². The van der Waals surface area contributed by atoms with Gasteiger partial charge in [0.15, 0.2) is 4.90 Å². The molecule has 0 amide bonds. The van der Waals surface area contributed by atoms with Crippen molar-refractivity contribution in [1.29, 1.82) is 0 Å². The normalized spacial score (nSPS) is 12.8. The van der Waals surface area contributed by atoms with Gasteiger partial charge < -0.3 is 9.12 Å². The lowest BCUT2D eigenvalue weighted by Gasteiger charge is -2.11. The molecule has 0 aliphatic heterocycles. The SMILES string of the molecule is CC[S+]([O-])c1cnccc1-c1nc2cc(C)ccc2n1C. The van der Waals surface area contributed by atoms with Crippen molar-refractivity contribution in [3.05, 3.63) is 42.2 Å². The Morgan fingerprint density at radius 2 is 2.10 bits per heavy atom. The Morgan fingerprint density at radius 1 is 1.29 bits per heavy atom. The number of fused-ring (bicyclic) bond motifs is 1. The van der Waals surface area contributed by atoms with Gasteiger partial charge in [0.25, 0.3) is 0 Å². The van der Waals surface area contributed by atoms with Crippen molar-refractivity contribution in [2.24, 2.45) is 7.05 Å². The number of nitrogens with zero attached hydrogens (tertiary/aromatic N) is 3. The molecule has 3 rings (SSSR count). The van der Waals surface area contributed by atoms with Gasteiger partial charge in [0, 0.05) is 13.2 Å². The summed E-state index contributed by atoms with van der Waals surface area (Å²) in [6.45, 7) is 3.96. The molecule has 0 fully saturated rings. The molecule has 0 radical (unpaired) electrons. The van der Waals surface area contributed by atoms with E-state index in [-0.39, 0.29) is 0 Å². The fraction of sp³-hybridized carbons (Fsp3) is 0.250. The van der Waals surface area contributed by atoms with Gasteiger partial charge in [0.2, 0.25) is 0 Å². The summed E-state index contributed by atoms with van der Waals surface area (Å²) in [5.41, 5.74) is 4.10. The van der Waals surface area contributed by atoms with E-state index in [1.807, 2.05) is 24.6 Å². The number of hydrogen-bond donors (Lipinski definition) is 0. The van der Waals surface area contributed by atoms with E-state index >= 15 is 0 Å². The highest BCUT2D eigenvalue weighted by atomic mass is 32.2. The summed E-state index contributed by atoms with van der Waals surface area (Å²) in [7, 11) is 1.99. The van der Waals surface area contributed by atoms with Crippen LogP contribution in [0.5, 0.6) is 0 Å². The molecule has 3 aromatic rings. The lowest BCUT2D eigenvalue weighted by atomic mass is 10.2. The van der Waals surface area contributed by atoms with E-state index in [4.69, 9.17) is 4.98 Å². The van der Waals surface area contributed by atoms with Crippen LogP contribution >= 0.6 is 0 Å². The standard InChI is InChI=1S/C16H17N3OS/c1-4-21(20)15-10-17-8-7-12(15)16-18-13-9-11(2)5-6-14(13)19(16)3/h5-10H,4H2,1-3H3. The molecular formula is C16H17N3OS. The van der Waals surface area contributed by atoms with Crippen LogP contribution < -0.4 is 0 Å². The molecule has 108 valence electrons. The van der Waals surface area contributed by atoms with Crippen molar-refractivity contribution in [3.63, 3.8) is 0 Å². The number of aryl methyl sites for hydroxylation is 2. The Labute approximate surface area is 127 Å². The van der Waals surface area contributed by atoms with Gasteiger partial charge in [-0.25, -0.2) is 4.98 Å². The van der Waals surface area contributed by atoms with Crippen LogP contribution in [0.3, 0.4) is 0 Å². The Hall–Kier alpha value is -1.85. The lowest BCUT2D eigenvalue weighted by molar-refractivity contribution is 0.596. The first-order valence-electron chi connectivity index (χ1n) is 6.87. The number of aromatic nitrogens is 3. The first-order chi connectivity index (χ1) is 10.1. The topological polar surface area (TPSA) is 53.8 Å². The molecule has 5 heteroatoms. The zero-order chi connectivity index (χ0) is 15.0. The Balaban J connectivity index is 2.24. The quantitative estimate of drug-likeness (QED) is 0.698. The highest BCUT2D eigenvalue weighted by Gasteiger charge is 2.20. The molecule has 2 aromatic heterocycles. The summed E-state index contributed by atoms with van der Waals surface area (Å²) < 4.78 is 14.3. The smallest absolute Gasteiger partial charge is 0.181 e. The molecule has 1 aromatic carbocycles. The van der Waals surface area contributed by atoms with Crippen molar-refractivity contribution in [1.82, 2.24) is 14.5 Å². The molecule has 0 saturated carbocycles. The second-order valence-electron chi connectivity index (χ2n) is 4.99. The highest BCUT2D eigenvalue weighted by Crippen LogP contribution is 2.29. The van der Waals surface area contributed by atoms with E-state index < -0.39 is 11.2 Å². The second kappa shape index (κ2) is 5.50. The van der Waals surface area contributed by atoms with Gasteiger partial charge in [-0.1, -0.05) is 6.07 Å². The van der Waals surface area contributed by atoms with Gasteiger partial charge in [0.05, 0.1) is 22.8 Å². The summed E-state index contributed by atoms with van der Waals surface area (Å²) in [4.78, 5) is 9.57. The van der Waals surface area contributed by atoms with Gasteiger partial charge in [-0.3, -0.25) is 4.98 Å². The van der Waals surface area contributed by atoms with E-state index in [1.54, 1.807) is 12.4 Å². The largest absolute Gasteiger partial charge is 0.611 e. The summed E-state index contributed by atoms with van der Waals surface area (Å²) in [6, 6.07) is 8.09. The molecule has 4 nitrogen and oxygen atoms in total. The van der Waals surface area contributed by atoms with Gasteiger partial charge >= 0.3 is 0 Å². The van der Waals surface area contributed by atoms with Crippen LogP contribution in [-0.2, 0) is 18.2 Å². The van der Waals surface area contributed by atoms with Gasteiger partial charge in [-0.2, -0.15) is 0 Å². The van der Waals surface area contributed by atoms with Crippen molar-refractivity contribution in [3.8, 4) is 11.4 Å². The molecule has 0 saturated heterocycles. The number of imidazole rings is 1. The van der Waals surface area contributed by atoms with Crippen molar-refractivity contribution < 1.29 is 4.55 Å². The highest BCUT2D eigenvalue weighted by molar-refractivity contribution is 7.91. The van der Waals surface area contributed by atoms with E-state index in [0.717, 1.165) is 27.3 Å². The molecule has 0 bridgehead atoms. The van der Waals surface area contributed by atoms with E-state index in [0.29, 0.717) is 5.75 Å². The van der Waals surface area contributed by atoms with Crippen LogP contribution in [-0.4, -0.2) is 24.8 Å². The minimum atomic E-state index is -1.05. The van der Waals surface area contributed by atoms with Crippen LogP contribution in [0, 0.1) is 6.92 Å². The molecule has 1 unspecified atom stereocenters. The predicted molar refractivity (Wildman–Crippen MR) is 85.6 cm³/mol. The monoisotopic (exact) mass is 299 g/mol. The molecule has 1 atom stereocenters. The number of pyridine rings is 1. The number of rotatable bonds is 3. The Kier molecular flexibility index (Phi) is 3.69. The third kappa shape index (κ3) is 2.43. The van der Waals surface area contributed by atoms with Gasteiger partial charge in [-0.05, 0) is 48.8 Å². The average molecular weight is 299 g/mol. The third-order valence-corrected chi connectivity index (χ3v) is 4.91. The summed E-state index contributed by atoms with van der Waals surface area (Å²) in [6.07, 6.45) is 3.40. The first kappa shape index (κ1) is 14.1. The fourth-order valence-corrected chi connectivity index (χ4v) is 3.35. The summed E-state index contributed by atoms with van der Waals surface area (Å²) in [5.74, 6) is 1.40. The molecule has 0 aliphatic rings. The van der Waals surface area contributed by atoms with E-state index in [9.17, 15) is 4.55 Å². The number of hydrogen-bond acceptors (Lipinski definition) is 3. The maximum atomic E-state index is 12.2.